The molecule has 2 atom stereocenters. The Labute approximate surface area is 125 Å². The third-order valence-corrected chi connectivity index (χ3v) is 3.98. The van der Waals surface area contributed by atoms with Crippen LogP contribution in [-0.4, -0.2) is 37.3 Å². The highest BCUT2D eigenvalue weighted by Crippen LogP contribution is 2.24. The van der Waals surface area contributed by atoms with Crippen molar-refractivity contribution in [2.24, 2.45) is 5.92 Å². The van der Waals surface area contributed by atoms with E-state index < -0.39 is 0 Å². The summed E-state index contributed by atoms with van der Waals surface area (Å²) in [6, 6.07) is 7.49. The summed E-state index contributed by atoms with van der Waals surface area (Å²) >= 11 is 0. The Balaban J connectivity index is 1.74. The molecule has 3 N–H and O–H groups in total. The number of benzene rings is 1. The fraction of sp³-hybridized carbons (Fsp3) is 0.562. The quantitative estimate of drug-likeness (QED) is 0.747. The molecule has 1 aliphatic rings. The largest absolute Gasteiger partial charge is 0.495 e. The van der Waals surface area contributed by atoms with Gasteiger partial charge in [-0.1, -0.05) is 25.0 Å². The molecule has 1 aliphatic carbocycles. The number of hydrogen-bond donors (Lipinski definition) is 3. The highest BCUT2D eigenvalue weighted by atomic mass is 16.5. The van der Waals surface area contributed by atoms with Crippen LogP contribution in [0.1, 0.15) is 25.7 Å². The number of aliphatic hydroxyl groups is 1. The van der Waals surface area contributed by atoms with Crippen molar-refractivity contribution in [3.63, 3.8) is 0 Å². The Bertz CT molecular complexity index is 465. The first-order valence-corrected chi connectivity index (χ1v) is 7.52. The summed E-state index contributed by atoms with van der Waals surface area (Å²) in [6.07, 6.45) is 3.78. The molecule has 0 spiro atoms. The Morgan fingerprint density at radius 1 is 1.33 bits per heavy atom. The van der Waals surface area contributed by atoms with Crippen LogP contribution in [0.25, 0.3) is 0 Å². The molecule has 0 aliphatic heterocycles. The maximum atomic E-state index is 11.9. The summed E-state index contributed by atoms with van der Waals surface area (Å²) in [6.45, 7) is 0.747. The van der Waals surface area contributed by atoms with E-state index >= 15 is 0 Å². The first-order chi connectivity index (χ1) is 10.2. The van der Waals surface area contributed by atoms with Gasteiger partial charge < -0.3 is 20.5 Å². The van der Waals surface area contributed by atoms with E-state index in [0.717, 1.165) is 31.4 Å². The smallest absolute Gasteiger partial charge is 0.239 e. The molecule has 1 fully saturated rings. The summed E-state index contributed by atoms with van der Waals surface area (Å²) in [5.41, 5.74) is 0.799. The Morgan fingerprint density at radius 3 is 2.86 bits per heavy atom. The average molecular weight is 292 g/mol. The van der Waals surface area contributed by atoms with Gasteiger partial charge in [0.2, 0.25) is 5.91 Å². The van der Waals surface area contributed by atoms with Gasteiger partial charge in [-0.3, -0.25) is 4.79 Å². The lowest BCUT2D eigenvalue weighted by molar-refractivity contribution is -0.119. The van der Waals surface area contributed by atoms with Crippen molar-refractivity contribution in [1.82, 2.24) is 5.32 Å². The molecule has 2 rings (SSSR count). The summed E-state index contributed by atoms with van der Waals surface area (Å²) in [7, 11) is 1.60. The maximum Gasteiger partial charge on any atom is 0.239 e. The summed E-state index contributed by atoms with van der Waals surface area (Å²) in [5.74, 6) is 0.834. The molecular formula is C16H24N2O3. The Kier molecular flexibility index (Phi) is 5.87. The highest BCUT2D eigenvalue weighted by molar-refractivity contribution is 5.81. The molecule has 0 aromatic heterocycles. The number of carbonyl (C=O) groups excluding carboxylic acids is 1. The van der Waals surface area contributed by atoms with Gasteiger partial charge >= 0.3 is 0 Å². The van der Waals surface area contributed by atoms with Crippen molar-refractivity contribution in [1.29, 1.82) is 0 Å². The van der Waals surface area contributed by atoms with Gasteiger partial charge in [-0.15, -0.1) is 0 Å². The summed E-state index contributed by atoms with van der Waals surface area (Å²) < 4.78 is 5.22. The second-order valence-electron chi connectivity index (χ2n) is 5.47. The maximum absolute atomic E-state index is 11.9. The van der Waals surface area contributed by atoms with Crippen LogP contribution in [0.5, 0.6) is 5.75 Å². The van der Waals surface area contributed by atoms with Gasteiger partial charge in [-0.2, -0.15) is 0 Å². The molecule has 0 heterocycles. The van der Waals surface area contributed by atoms with Gasteiger partial charge in [-0.05, 0) is 25.0 Å². The molecule has 0 saturated heterocycles. The predicted molar refractivity (Wildman–Crippen MR) is 82.5 cm³/mol. The molecule has 0 bridgehead atoms. The van der Waals surface area contributed by atoms with Gasteiger partial charge in [0.25, 0.3) is 0 Å². The number of ether oxygens (including phenoxy) is 1. The van der Waals surface area contributed by atoms with Gasteiger partial charge in [0.05, 0.1) is 25.4 Å². The second-order valence-corrected chi connectivity index (χ2v) is 5.47. The van der Waals surface area contributed by atoms with Crippen molar-refractivity contribution < 1.29 is 14.6 Å². The normalized spacial score (nSPS) is 21.6. The minimum absolute atomic E-state index is 0.0707. The van der Waals surface area contributed by atoms with Crippen LogP contribution in [-0.2, 0) is 4.79 Å². The van der Waals surface area contributed by atoms with E-state index in [1.165, 1.54) is 0 Å². The van der Waals surface area contributed by atoms with Crippen LogP contribution >= 0.6 is 0 Å². The predicted octanol–water partition coefficient (Wildman–Crippen LogP) is 1.77. The molecule has 5 nitrogen and oxygen atoms in total. The number of methoxy groups -OCH3 is 1. The molecule has 1 amide bonds. The van der Waals surface area contributed by atoms with E-state index in [-0.39, 0.29) is 24.5 Å². The lowest BCUT2D eigenvalue weighted by atomic mass is 9.86. The first-order valence-electron chi connectivity index (χ1n) is 7.52. The van der Waals surface area contributed by atoms with Crippen LogP contribution in [0.2, 0.25) is 0 Å². The van der Waals surface area contributed by atoms with Crippen LogP contribution in [0.4, 0.5) is 5.69 Å². The number of para-hydroxylation sites is 2. The number of amides is 1. The van der Waals surface area contributed by atoms with Crippen molar-refractivity contribution in [3.8, 4) is 5.75 Å². The zero-order valence-corrected chi connectivity index (χ0v) is 12.5. The zero-order valence-electron chi connectivity index (χ0n) is 12.5. The van der Waals surface area contributed by atoms with Gasteiger partial charge in [-0.25, -0.2) is 0 Å². The third kappa shape index (κ3) is 4.63. The van der Waals surface area contributed by atoms with E-state index in [9.17, 15) is 9.90 Å². The van der Waals surface area contributed by atoms with Crippen molar-refractivity contribution >= 4 is 11.6 Å². The molecule has 0 radical (unpaired) electrons. The number of carbonyl (C=O) groups is 1. The fourth-order valence-corrected chi connectivity index (χ4v) is 2.70. The molecule has 0 unspecified atom stereocenters. The minimum Gasteiger partial charge on any atom is -0.495 e. The topological polar surface area (TPSA) is 70.6 Å². The molecule has 116 valence electrons. The molecule has 1 aromatic carbocycles. The number of aliphatic hydroxyl groups excluding tert-OH is 1. The van der Waals surface area contributed by atoms with Gasteiger partial charge in [0.15, 0.2) is 0 Å². The SMILES string of the molecule is COc1ccccc1NCC(=O)NC[C@H]1CCCC[C@H]1O. The average Bonchev–Trinajstić information content (AvgIpc) is 2.52. The van der Waals surface area contributed by atoms with Crippen LogP contribution < -0.4 is 15.4 Å². The molecule has 1 saturated carbocycles. The Morgan fingerprint density at radius 2 is 2.10 bits per heavy atom. The molecule has 21 heavy (non-hydrogen) atoms. The third-order valence-electron chi connectivity index (χ3n) is 3.98. The Hall–Kier alpha value is -1.75. The van der Waals surface area contributed by atoms with Crippen molar-refractivity contribution in [3.05, 3.63) is 24.3 Å². The van der Waals surface area contributed by atoms with E-state index in [1.807, 2.05) is 24.3 Å². The lowest BCUT2D eigenvalue weighted by Gasteiger charge is -2.27. The van der Waals surface area contributed by atoms with E-state index in [4.69, 9.17) is 4.74 Å². The first kappa shape index (κ1) is 15.6. The van der Waals surface area contributed by atoms with E-state index in [1.54, 1.807) is 7.11 Å². The highest BCUT2D eigenvalue weighted by Gasteiger charge is 2.23. The minimum atomic E-state index is -0.277. The molecule has 1 aromatic rings. The van der Waals surface area contributed by atoms with E-state index in [2.05, 4.69) is 10.6 Å². The van der Waals surface area contributed by atoms with Crippen molar-refractivity contribution in [2.45, 2.75) is 31.8 Å². The number of rotatable bonds is 6. The van der Waals surface area contributed by atoms with Crippen molar-refractivity contribution in [2.75, 3.05) is 25.5 Å². The number of anilines is 1. The lowest BCUT2D eigenvalue weighted by Crippen LogP contribution is -2.38. The zero-order chi connectivity index (χ0) is 15.1. The summed E-state index contributed by atoms with van der Waals surface area (Å²) in [4.78, 5) is 11.9. The summed E-state index contributed by atoms with van der Waals surface area (Å²) in [5, 5.41) is 15.8. The van der Waals surface area contributed by atoms with Crippen LogP contribution in [0, 0.1) is 5.92 Å². The van der Waals surface area contributed by atoms with Crippen LogP contribution in [0.15, 0.2) is 24.3 Å². The number of hydrogen-bond acceptors (Lipinski definition) is 4. The number of nitrogens with one attached hydrogen (secondary N) is 2. The second kappa shape index (κ2) is 7.88. The van der Waals surface area contributed by atoms with E-state index in [0.29, 0.717) is 12.3 Å². The van der Waals surface area contributed by atoms with Gasteiger partial charge in [0.1, 0.15) is 5.75 Å². The van der Waals surface area contributed by atoms with Gasteiger partial charge in [0, 0.05) is 12.5 Å². The van der Waals surface area contributed by atoms with Crippen LogP contribution in [0.3, 0.4) is 0 Å². The standard InChI is InChI=1S/C16H24N2O3/c1-21-15-9-5-3-7-13(15)17-11-16(20)18-10-12-6-2-4-8-14(12)19/h3,5,7,9,12,14,17,19H,2,4,6,8,10-11H2,1H3,(H,18,20)/t12-,14-/m1/s1. The molecule has 5 heteroatoms. The molecular weight excluding hydrogens is 268 g/mol. The monoisotopic (exact) mass is 292 g/mol. The fourth-order valence-electron chi connectivity index (χ4n) is 2.70.